The summed E-state index contributed by atoms with van der Waals surface area (Å²) in [4.78, 5) is 12.1. The highest BCUT2D eigenvalue weighted by Gasteiger charge is 2.27. The van der Waals surface area contributed by atoms with Crippen molar-refractivity contribution in [2.45, 2.75) is 32.2 Å². The molecule has 0 fully saturated rings. The highest BCUT2D eigenvalue weighted by molar-refractivity contribution is 14.1. The molecule has 0 unspecified atom stereocenters. The molecule has 18 heavy (non-hydrogen) atoms. The van der Waals surface area contributed by atoms with Gasteiger partial charge in [-0.2, -0.15) is 0 Å². The fourth-order valence-electron chi connectivity index (χ4n) is 1.66. The van der Waals surface area contributed by atoms with Crippen LogP contribution in [0, 0.1) is 3.57 Å². The highest BCUT2D eigenvalue weighted by atomic mass is 127. The first-order valence-corrected chi connectivity index (χ1v) is 6.97. The number of hydrogen-bond donors (Lipinski definition) is 3. The molecule has 5 heteroatoms. The lowest BCUT2D eigenvalue weighted by Gasteiger charge is -2.30. The fourth-order valence-corrected chi connectivity index (χ4v) is 1.99. The molecule has 4 nitrogen and oxygen atoms in total. The second-order valence-corrected chi connectivity index (χ2v) is 5.43. The smallest absolute Gasteiger partial charge is 0.251 e. The summed E-state index contributed by atoms with van der Waals surface area (Å²) < 4.78 is 0.698. The Bertz CT molecular complexity index is 422. The lowest BCUT2D eigenvalue weighted by molar-refractivity contribution is 0.0817. The molecule has 0 aliphatic carbocycles. The maximum absolute atomic E-state index is 12.1. The van der Waals surface area contributed by atoms with Crippen LogP contribution in [0.1, 0.15) is 37.0 Å². The minimum atomic E-state index is -0.588. The predicted octanol–water partition coefficient (Wildman–Crippen LogP) is 2.28. The Morgan fingerprint density at radius 1 is 1.39 bits per heavy atom. The van der Waals surface area contributed by atoms with Gasteiger partial charge in [-0.3, -0.25) is 4.79 Å². The third-order valence-corrected chi connectivity index (χ3v) is 4.16. The number of aliphatic hydroxyl groups is 1. The summed E-state index contributed by atoms with van der Waals surface area (Å²) in [5.74, 6) is -0.190. The molecule has 1 aromatic carbocycles. The lowest BCUT2D eigenvalue weighted by atomic mass is 9.93. The Morgan fingerprint density at radius 2 is 2.00 bits per heavy atom. The van der Waals surface area contributed by atoms with Crippen molar-refractivity contribution >= 4 is 28.5 Å². The van der Waals surface area contributed by atoms with Crippen molar-refractivity contribution in [2.24, 2.45) is 0 Å². The molecule has 3 N–H and O–H groups in total. The number of halogens is 1. The van der Waals surface area contributed by atoms with E-state index in [9.17, 15) is 15.0 Å². The summed E-state index contributed by atoms with van der Waals surface area (Å²) in [5.41, 5.74) is -0.192. The largest absolute Gasteiger partial charge is 0.507 e. The number of benzene rings is 1. The number of hydrogen-bond acceptors (Lipinski definition) is 3. The van der Waals surface area contributed by atoms with Crippen molar-refractivity contribution in [1.82, 2.24) is 5.32 Å². The molecule has 0 spiro atoms. The van der Waals surface area contributed by atoms with E-state index in [1.165, 1.54) is 6.07 Å². The Labute approximate surface area is 121 Å². The molecular weight excluding hydrogens is 345 g/mol. The van der Waals surface area contributed by atoms with Gasteiger partial charge in [0.05, 0.1) is 15.7 Å². The van der Waals surface area contributed by atoms with E-state index in [1.807, 2.05) is 36.4 Å². The molecule has 0 aromatic heterocycles. The van der Waals surface area contributed by atoms with Crippen LogP contribution in [0.4, 0.5) is 0 Å². The number of phenols is 1. The number of carbonyl (C=O) groups is 1. The second-order valence-electron chi connectivity index (χ2n) is 4.27. The highest BCUT2D eigenvalue weighted by Crippen LogP contribution is 2.21. The zero-order chi connectivity index (χ0) is 13.8. The second kappa shape index (κ2) is 6.38. The van der Waals surface area contributed by atoms with Crippen LogP contribution in [0.15, 0.2) is 18.2 Å². The Kier molecular flexibility index (Phi) is 5.40. The topological polar surface area (TPSA) is 69.6 Å². The zero-order valence-corrected chi connectivity index (χ0v) is 12.7. The van der Waals surface area contributed by atoms with E-state index in [0.29, 0.717) is 22.0 Å². The average molecular weight is 363 g/mol. The molecule has 0 heterocycles. The number of aliphatic hydroxyl groups excluding tert-OH is 1. The van der Waals surface area contributed by atoms with Crippen LogP contribution in [-0.2, 0) is 0 Å². The zero-order valence-electron chi connectivity index (χ0n) is 10.5. The van der Waals surface area contributed by atoms with Crippen molar-refractivity contribution in [1.29, 1.82) is 0 Å². The summed E-state index contributed by atoms with van der Waals surface area (Å²) in [5, 5.41) is 21.8. The van der Waals surface area contributed by atoms with Gasteiger partial charge in [-0.1, -0.05) is 13.8 Å². The van der Waals surface area contributed by atoms with Crippen LogP contribution < -0.4 is 5.32 Å². The van der Waals surface area contributed by atoms with Gasteiger partial charge in [0, 0.05) is 5.56 Å². The van der Waals surface area contributed by atoms with Crippen molar-refractivity contribution in [2.75, 3.05) is 6.61 Å². The third kappa shape index (κ3) is 3.35. The van der Waals surface area contributed by atoms with Gasteiger partial charge in [-0.25, -0.2) is 0 Å². The molecular formula is C13H18INO3. The van der Waals surface area contributed by atoms with Crippen molar-refractivity contribution in [3.05, 3.63) is 27.3 Å². The molecule has 0 saturated heterocycles. The molecule has 1 amide bonds. The van der Waals surface area contributed by atoms with E-state index in [-0.39, 0.29) is 18.3 Å². The van der Waals surface area contributed by atoms with Crippen molar-refractivity contribution in [3.8, 4) is 5.75 Å². The van der Waals surface area contributed by atoms with E-state index >= 15 is 0 Å². The number of carbonyl (C=O) groups excluding carboxylic acids is 1. The molecule has 0 radical (unpaired) electrons. The molecule has 0 atom stereocenters. The van der Waals surface area contributed by atoms with Crippen LogP contribution in [0.3, 0.4) is 0 Å². The standard InChI is InChI=1S/C13H18INO3/c1-3-13(4-2,8-16)15-12(18)9-5-6-10(14)11(17)7-9/h5-7,16-17H,3-4,8H2,1-2H3,(H,15,18). The van der Waals surface area contributed by atoms with Gasteiger partial charge in [-0.15, -0.1) is 0 Å². The minimum absolute atomic E-state index is 0.0887. The van der Waals surface area contributed by atoms with E-state index < -0.39 is 5.54 Å². The van der Waals surface area contributed by atoms with E-state index in [0.717, 1.165) is 0 Å². The van der Waals surface area contributed by atoms with Gasteiger partial charge in [0.15, 0.2) is 0 Å². The maximum Gasteiger partial charge on any atom is 0.251 e. The number of amides is 1. The summed E-state index contributed by atoms with van der Waals surface area (Å²) in [6.07, 6.45) is 1.31. The normalized spacial score (nSPS) is 11.3. The number of aromatic hydroxyl groups is 1. The molecule has 1 rings (SSSR count). The monoisotopic (exact) mass is 363 g/mol. The van der Waals surface area contributed by atoms with Gasteiger partial charge in [-0.05, 0) is 53.6 Å². The molecule has 0 aliphatic rings. The predicted molar refractivity (Wildman–Crippen MR) is 78.7 cm³/mol. The van der Waals surface area contributed by atoms with Gasteiger partial charge >= 0.3 is 0 Å². The van der Waals surface area contributed by atoms with Gasteiger partial charge in [0.25, 0.3) is 5.91 Å². The van der Waals surface area contributed by atoms with Crippen molar-refractivity contribution < 1.29 is 15.0 Å². The van der Waals surface area contributed by atoms with Crippen molar-refractivity contribution in [3.63, 3.8) is 0 Å². The molecule has 100 valence electrons. The number of phenolic OH excluding ortho intramolecular Hbond substituents is 1. The third-order valence-electron chi connectivity index (χ3n) is 3.24. The Hall–Kier alpha value is -0.820. The average Bonchev–Trinajstić information content (AvgIpc) is 2.39. The van der Waals surface area contributed by atoms with Gasteiger partial charge in [0.2, 0.25) is 0 Å². The van der Waals surface area contributed by atoms with Gasteiger partial charge < -0.3 is 15.5 Å². The van der Waals surface area contributed by atoms with Crippen LogP contribution >= 0.6 is 22.6 Å². The minimum Gasteiger partial charge on any atom is -0.507 e. The van der Waals surface area contributed by atoms with Crippen LogP contribution in [0.5, 0.6) is 5.75 Å². The van der Waals surface area contributed by atoms with E-state index in [4.69, 9.17) is 0 Å². The van der Waals surface area contributed by atoms with E-state index in [2.05, 4.69) is 5.32 Å². The summed E-state index contributed by atoms with van der Waals surface area (Å²) in [6, 6.07) is 4.78. The molecule has 0 bridgehead atoms. The Balaban J connectivity index is 2.90. The van der Waals surface area contributed by atoms with Crippen LogP contribution in [0.25, 0.3) is 0 Å². The number of rotatable bonds is 5. The van der Waals surface area contributed by atoms with Crippen LogP contribution in [-0.4, -0.2) is 28.3 Å². The quantitative estimate of drug-likeness (QED) is 0.703. The first kappa shape index (κ1) is 15.2. The first-order valence-electron chi connectivity index (χ1n) is 5.90. The van der Waals surface area contributed by atoms with Gasteiger partial charge in [0.1, 0.15) is 5.75 Å². The lowest BCUT2D eigenvalue weighted by Crippen LogP contribution is -2.50. The molecule has 1 aromatic rings. The summed E-state index contributed by atoms with van der Waals surface area (Å²) >= 11 is 1.99. The SMILES string of the molecule is CCC(CC)(CO)NC(=O)c1ccc(I)c(O)c1. The number of nitrogens with one attached hydrogen (secondary N) is 1. The van der Waals surface area contributed by atoms with E-state index in [1.54, 1.807) is 12.1 Å². The summed E-state index contributed by atoms with van der Waals surface area (Å²) in [7, 11) is 0. The first-order chi connectivity index (χ1) is 8.48. The Morgan fingerprint density at radius 3 is 2.44 bits per heavy atom. The molecule has 0 saturated carbocycles. The summed E-state index contributed by atoms with van der Waals surface area (Å²) in [6.45, 7) is 3.75. The fraction of sp³-hybridized carbons (Fsp3) is 0.462. The van der Waals surface area contributed by atoms with Crippen LogP contribution in [0.2, 0.25) is 0 Å². The molecule has 0 aliphatic heterocycles. The maximum atomic E-state index is 12.1.